The van der Waals surface area contributed by atoms with Crippen LogP contribution in [0.5, 0.6) is 0 Å². The fourth-order valence-corrected chi connectivity index (χ4v) is 2.44. The summed E-state index contributed by atoms with van der Waals surface area (Å²) in [6.45, 7) is 3.25. The highest BCUT2D eigenvalue weighted by atomic mass is 32.1. The molecule has 1 unspecified atom stereocenters. The number of amidine groups is 1. The Hall–Kier alpha value is -0.870. The van der Waals surface area contributed by atoms with Crippen molar-refractivity contribution < 1.29 is 0 Å². The van der Waals surface area contributed by atoms with Gasteiger partial charge >= 0.3 is 0 Å². The van der Waals surface area contributed by atoms with Crippen molar-refractivity contribution in [1.29, 1.82) is 5.41 Å². The van der Waals surface area contributed by atoms with Crippen LogP contribution in [0.4, 0.5) is 0 Å². The van der Waals surface area contributed by atoms with Crippen LogP contribution >= 0.6 is 11.3 Å². The van der Waals surface area contributed by atoms with Crippen LogP contribution in [0.1, 0.15) is 24.6 Å². The molecule has 0 saturated heterocycles. The second-order valence-corrected chi connectivity index (χ2v) is 5.27. The number of nitrogens with one attached hydrogen (secondary N) is 1. The zero-order valence-electron chi connectivity index (χ0n) is 10.1. The summed E-state index contributed by atoms with van der Waals surface area (Å²) in [5, 5.41) is 9.29. The molecule has 1 heterocycles. The number of thiophene rings is 1. The van der Waals surface area contributed by atoms with Crippen molar-refractivity contribution >= 4 is 17.2 Å². The number of nitrogens with two attached hydrogens (primary N) is 1. The lowest BCUT2D eigenvalue weighted by molar-refractivity contribution is 0.255. The van der Waals surface area contributed by atoms with E-state index < -0.39 is 0 Å². The van der Waals surface area contributed by atoms with Gasteiger partial charge in [0, 0.05) is 17.3 Å². The smallest absolute Gasteiger partial charge is 0.0905 e. The first kappa shape index (κ1) is 13.2. The molecule has 0 amide bonds. The lowest BCUT2D eigenvalue weighted by Crippen LogP contribution is -2.32. The lowest BCUT2D eigenvalue weighted by Gasteiger charge is -2.24. The quantitative estimate of drug-likeness (QED) is 0.567. The van der Waals surface area contributed by atoms with Gasteiger partial charge < -0.3 is 10.6 Å². The summed E-state index contributed by atoms with van der Waals surface area (Å²) >= 11 is 1.82. The normalized spacial score (nSPS) is 12.9. The van der Waals surface area contributed by atoms with Crippen molar-refractivity contribution in [1.82, 2.24) is 4.90 Å². The molecule has 0 aliphatic rings. The zero-order chi connectivity index (χ0) is 12.0. The molecule has 0 aromatic carbocycles. The van der Waals surface area contributed by atoms with E-state index in [1.165, 1.54) is 4.88 Å². The van der Waals surface area contributed by atoms with E-state index in [1.54, 1.807) is 0 Å². The van der Waals surface area contributed by atoms with Crippen LogP contribution in [0.25, 0.3) is 0 Å². The van der Waals surface area contributed by atoms with Gasteiger partial charge in [0.2, 0.25) is 0 Å². The van der Waals surface area contributed by atoms with Gasteiger partial charge in [-0.15, -0.1) is 11.3 Å². The topological polar surface area (TPSA) is 53.1 Å². The first-order chi connectivity index (χ1) is 7.59. The van der Waals surface area contributed by atoms with Crippen LogP contribution in [-0.4, -0.2) is 30.4 Å². The number of nitrogens with zero attached hydrogens (tertiary/aromatic N) is 1. The molecular formula is C12H21N3S. The average molecular weight is 239 g/mol. The van der Waals surface area contributed by atoms with E-state index in [0.29, 0.717) is 18.3 Å². The van der Waals surface area contributed by atoms with Crippen molar-refractivity contribution in [3.63, 3.8) is 0 Å². The first-order valence-electron chi connectivity index (χ1n) is 5.65. The minimum absolute atomic E-state index is 0.291. The minimum atomic E-state index is 0.291. The number of rotatable bonds is 7. The summed E-state index contributed by atoms with van der Waals surface area (Å²) < 4.78 is 0. The Morgan fingerprint density at radius 2 is 2.38 bits per heavy atom. The van der Waals surface area contributed by atoms with Crippen molar-refractivity contribution in [3.8, 4) is 0 Å². The Bertz CT molecular complexity index is 308. The monoisotopic (exact) mass is 239 g/mol. The molecule has 0 bridgehead atoms. The molecule has 90 valence electrons. The maximum absolute atomic E-state index is 7.17. The third kappa shape index (κ3) is 4.77. The molecule has 16 heavy (non-hydrogen) atoms. The van der Waals surface area contributed by atoms with Gasteiger partial charge in [-0.3, -0.25) is 5.41 Å². The molecule has 4 heteroatoms. The van der Waals surface area contributed by atoms with E-state index >= 15 is 0 Å². The molecule has 1 atom stereocenters. The van der Waals surface area contributed by atoms with Crippen LogP contribution in [-0.2, 0) is 6.42 Å². The summed E-state index contributed by atoms with van der Waals surface area (Å²) in [5.41, 5.74) is 5.33. The second-order valence-electron chi connectivity index (χ2n) is 4.24. The Morgan fingerprint density at radius 3 is 2.94 bits per heavy atom. The molecule has 3 N–H and O–H groups in total. The lowest BCUT2D eigenvalue weighted by atomic mass is 10.1. The third-order valence-corrected chi connectivity index (χ3v) is 3.68. The molecule has 0 aliphatic heterocycles. The van der Waals surface area contributed by atoms with Gasteiger partial charge in [-0.2, -0.15) is 0 Å². The van der Waals surface area contributed by atoms with Crippen LogP contribution in [0, 0.1) is 5.41 Å². The molecule has 3 nitrogen and oxygen atoms in total. The fourth-order valence-electron chi connectivity index (χ4n) is 1.62. The van der Waals surface area contributed by atoms with Crippen molar-refractivity contribution in [3.05, 3.63) is 22.4 Å². The fraction of sp³-hybridized carbons (Fsp3) is 0.583. The summed E-state index contributed by atoms with van der Waals surface area (Å²) in [5.74, 6) is 0.291. The van der Waals surface area contributed by atoms with Gasteiger partial charge in [0.25, 0.3) is 0 Å². The summed E-state index contributed by atoms with van der Waals surface area (Å²) in [7, 11) is 2.14. The zero-order valence-corrected chi connectivity index (χ0v) is 10.9. The van der Waals surface area contributed by atoms with Crippen LogP contribution in [0.15, 0.2) is 17.5 Å². The molecule has 1 aromatic heterocycles. The van der Waals surface area contributed by atoms with Gasteiger partial charge in [-0.25, -0.2) is 0 Å². The Morgan fingerprint density at radius 1 is 1.62 bits per heavy atom. The van der Waals surface area contributed by atoms with Crippen LogP contribution in [0.2, 0.25) is 0 Å². The average Bonchev–Trinajstić information content (AvgIpc) is 2.69. The van der Waals surface area contributed by atoms with Crippen molar-refractivity contribution in [2.75, 3.05) is 13.6 Å². The van der Waals surface area contributed by atoms with E-state index in [2.05, 4.69) is 36.4 Å². The highest BCUT2D eigenvalue weighted by molar-refractivity contribution is 7.09. The van der Waals surface area contributed by atoms with E-state index in [9.17, 15) is 0 Å². The van der Waals surface area contributed by atoms with Crippen LogP contribution in [0.3, 0.4) is 0 Å². The Labute approximate surface area is 102 Å². The van der Waals surface area contributed by atoms with E-state index in [-0.39, 0.29) is 0 Å². The van der Waals surface area contributed by atoms with E-state index in [1.807, 2.05) is 11.3 Å². The van der Waals surface area contributed by atoms with Crippen LogP contribution < -0.4 is 5.73 Å². The number of likely N-dealkylation sites (N-methyl/N-ethyl adjacent to an activating group) is 1. The summed E-state index contributed by atoms with van der Waals surface area (Å²) in [6.07, 6.45) is 2.78. The molecule has 1 aromatic rings. The second kappa shape index (κ2) is 6.66. The largest absolute Gasteiger partial charge is 0.388 e. The van der Waals surface area contributed by atoms with Crippen molar-refractivity contribution in [2.45, 2.75) is 32.2 Å². The predicted molar refractivity (Wildman–Crippen MR) is 71.3 cm³/mol. The van der Waals surface area contributed by atoms with E-state index in [4.69, 9.17) is 11.1 Å². The molecular weight excluding hydrogens is 218 g/mol. The predicted octanol–water partition coefficient (Wildman–Crippen LogP) is 2.33. The molecule has 0 saturated carbocycles. The Kier molecular flexibility index (Phi) is 5.49. The van der Waals surface area contributed by atoms with E-state index in [0.717, 1.165) is 19.4 Å². The molecule has 0 aliphatic carbocycles. The SMILES string of the molecule is CC(Cc1cccs1)N(C)CCCC(=N)N. The summed E-state index contributed by atoms with van der Waals surface area (Å²) in [4.78, 5) is 3.77. The van der Waals surface area contributed by atoms with Gasteiger partial charge in [0.15, 0.2) is 0 Å². The highest BCUT2D eigenvalue weighted by Crippen LogP contribution is 2.13. The maximum Gasteiger partial charge on any atom is 0.0905 e. The van der Waals surface area contributed by atoms with Gasteiger partial charge in [-0.05, 0) is 44.8 Å². The first-order valence-corrected chi connectivity index (χ1v) is 6.53. The molecule has 0 spiro atoms. The molecule has 0 fully saturated rings. The van der Waals surface area contributed by atoms with Crippen molar-refractivity contribution in [2.24, 2.45) is 5.73 Å². The number of hydrogen-bond donors (Lipinski definition) is 2. The molecule has 1 rings (SSSR count). The Balaban J connectivity index is 2.25. The molecule has 0 radical (unpaired) electrons. The van der Waals surface area contributed by atoms with Gasteiger partial charge in [0.05, 0.1) is 5.84 Å². The standard InChI is InChI=1S/C12H21N3S/c1-10(9-11-5-4-8-16-11)15(2)7-3-6-12(13)14/h4-5,8,10H,3,6-7,9H2,1-2H3,(H3,13,14). The number of hydrogen-bond acceptors (Lipinski definition) is 3. The highest BCUT2D eigenvalue weighted by Gasteiger charge is 2.10. The van der Waals surface area contributed by atoms with Gasteiger partial charge in [0.1, 0.15) is 0 Å². The minimum Gasteiger partial charge on any atom is -0.388 e. The third-order valence-electron chi connectivity index (χ3n) is 2.79. The van der Waals surface area contributed by atoms with Gasteiger partial charge in [-0.1, -0.05) is 6.07 Å². The maximum atomic E-state index is 7.17. The summed E-state index contributed by atoms with van der Waals surface area (Å²) in [6, 6.07) is 4.83.